The van der Waals surface area contributed by atoms with Gasteiger partial charge in [-0.15, -0.1) is 0 Å². The molecule has 3 N–H and O–H groups in total. The summed E-state index contributed by atoms with van der Waals surface area (Å²) in [6.07, 6.45) is 2.17. The van der Waals surface area contributed by atoms with Crippen molar-refractivity contribution >= 4 is 5.91 Å². The normalized spacial score (nSPS) is 16.0. The molecule has 0 radical (unpaired) electrons. The molecule has 0 rings (SSSR count). The summed E-state index contributed by atoms with van der Waals surface area (Å²) in [4.78, 5) is 11.9. The summed E-state index contributed by atoms with van der Waals surface area (Å²) in [5, 5.41) is 3.02. The summed E-state index contributed by atoms with van der Waals surface area (Å²) in [5.74, 6) is 0.503. The summed E-state index contributed by atoms with van der Waals surface area (Å²) >= 11 is 0. The van der Waals surface area contributed by atoms with Gasteiger partial charge in [0, 0.05) is 6.04 Å². The Bertz CT molecular complexity index is 216. The van der Waals surface area contributed by atoms with E-state index in [1.54, 1.807) is 0 Å². The van der Waals surface area contributed by atoms with Gasteiger partial charge in [0.15, 0.2) is 0 Å². The SMILES string of the molecule is CCC(CC)C(C)NC(=O)C(N)C(C)(C)C. The fourth-order valence-corrected chi connectivity index (χ4v) is 1.82. The van der Waals surface area contributed by atoms with Crippen LogP contribution in [0.25, 0.3) is 0 Å². The first-order valence-corrected chi connectivity index (χ1v) is 6.29. The van der Waals surface area contributed by atoms with Crippen molar-refractivity contribution in [1.29, 1.82) is 0 Å². The van der Waals surface area contributed by atoms with E-state index >= 15 is 0 Å². The van der Waals surface area contributed by atoms with Crippen molar-refractivity contribution in [3.8, 4) is 0 Å². The summed E-state index contributed by atoms with van der Waals surface area (Å²) in [5.41, 5.74) is 5.73. The topological polar surface area (TPSA) is 55.1 Å². The second-order valence-corrected chi connectivity index (χ2v) is 5.72. The van der Waals surface area contributed by atoms with E-state index in [9.17, 15) is 4.79 Å². The van der Waals surface area contributed by atoms with Crippen molar-refractivity contribution in [3.05, 3.63) is 0 Å². The molecule has 16 heavy (non-hydrogen) atoms. The molecule has 0 heterocycles. The molecule has 3 heteroatoms. The Morgan fingerprint density at radius 3 is 2.00 bits per heavy atom. The molecule has 0 saturated heterocycles. The molecular formula is C13H28N2O. The molecule has 1 amide bonds. The number of hydrogen-bond donors (Lipinski definition) is 2. The first-order chi connectivity index (χ1) is 7.23. The maximum Gasteiger partial charge on any atom is 0.237 e. The van der Waals surface area contributed by atoms with Gasteiger partial charge >= 0.3 is 0 Å². The first-order valence-electron chi connectivity index (χ1n) is 6.29. The maximum atomic E-state index is 11.9. The molecule has 0 spiro atoms. The number of carbonyl (C=O) groups excluding carboxylic acids is 1. The molecule has 0 bridgehead atoms. The molecule has 0 aromatic heterocycles. The van der Waals surface area contributed by atoms with Gasteiger partial charge in [0.25, 0.3) is 0 Å². The van der Waals surface area contributed by atoms with Gasteiger partial charge in [0.2, 0.25) is 5.91 Å². The Morgan fingerprint density at radius 2 is 1.69 bits per heavy atom. The van der Waals surface area contributed by atoms with Crippen molar-refractivity contribution in [2.24, 2.45) is 17.1 Å². The Hall–Kier alpha value is -0.570. The lowest BCUT2D eigenvalue weighted by Gasteiger charge is -2.29. The van der Waals surface area contributed by atoms with Crippen LogP contribution >= 0.6 is 0 Å². The van der Waals surface area contributed by atoms with E-state index < -0.39 is 6.04 Å². The van der Waals surface area contributed by atoms with Crippen molar-refractivity contribution in [3.63, 3.8) is 0 Å². The second kappa shape index (κ2) is 6.24. The van der Waals surface area contributed by atoms with E-state index in [0.717, 1.165) is 12.8 Å². The predicted octanol–water partition coefficient (Wildman–Crippen LogP) is 2.30. The Labute approximate surface area is 100 Å². The fourth-order valence-electron chi connectivity index (χ4n) is 1.82. The molecule has 0 aliphatic carbocycles. The molecule has 3 nitrogen and oxygen atoms in total. The molecule has 2 atom stereocenters. The molecule has 0 aliphatic rings. The molecule has 0 aromatic carbocycles. The Kier molecular flexibility index (Phi) is 6.01. The van der Waals surface area contributed by atoms with Crippen LogP contribution in [0.1, 0.15) is 54.4 Å². The van der Waals surface area contributed by atoms with Crippen LogP contribution in [0.15, 0.2) is 0 Å². The van der Waals surface area contributed by atoms with Gasteiger partial charge in [0.1, 0.15) is 0 Å². The lowest BCUT2D eigenvalue weighted by Crippen LogP contribution is -2.52. The van der Waals surface area contributed by atoms with E-state index in [-0.39, 0.29) is 17.4 Å². The zero-order chi connectivity index (χ0) is 12.9. The third-order valence-corrected chi connectivity index (χ3v) is 3.34. The third kappa shape index (κ3) is 4.52. The molecule has 0 saturated carbocycles. The van der Waals surface area contributed by atoms with Gasteiger partial charge in [-0.1, -0.05) is 47.5 Å². The highest BCUT2D eigenvalue weighted by Gasteiger charge is 2.29. The zero-order valence-electron chi connectivity index (χ0n) is 11.6. The van der Waals surface area contributed by atoms with Crippen LogP contribution in [-0.2, 0) is 4.79 Å². The number of carbonyl (C=O) groups is 1. The molecular weight excluding hydrogens is 200 g/mol. The summed E-state index contributed by atoms with van der Waals surface area (Å²) < 4.78 is 0. The molecule has 0 fully saturated rings. The fraction of sp³-hybridized carbons (Fsp3) is 0.923. The van der Waals surface area contributed by atoms with Gasteiger partial charge in [-0.05, 0) is 18.3 Å². The standard InChI is InChI=1S/C13H28N2O/c1-7-10(8-2)9(3)15-12(16)11(14)13(4,5)6/h9-11H,7-8,14H2,1-6H3,(H,15,16). The Balaban J connectivity index is 4.34. The summed E-state index contributed by atoms with van der Waals surface area (Å²) in [6, 6.07) is -0.236. The third-order valence-electron chi connectivity index (χ3n) is 3.34. The average Bonchev–Trinajstić information content (AvgIpc) is 2.16. The number of nitrogens with two attached hydrogens (primary N) is 1. The largest absolute Gasteiger partial charge is 0.352 e. The van der Waals surface area contributed by atoms with Gasteiger partial charge in [-0.2, -0.15) is 0 Å². The van der Waals surface area contributed by atoms with E-state index in [1.165, 1.54) is 0 Å². The van der Waals surface area contributed by atoms with Crippen LogP contribution in [0.3, 0.4) is 0 Å². The van der Waals surface area contributed by atoms with E-state index in [2.05, 4.69) is 26.1 Å². The van der Waals surface area contributed by atoms with E-state index in [4.69, 9.17) is 5.73 Å². The minimum atomic E-state index is -0.440. The van der Waals surface area contributed by atoms with Gasteiger partial charge in [0.05, 0.1) is 6.04 Å². The maximum absolute atomic E-state index is 11.9. The quantitative estimate of drug-likeness (QED) is 0.758. The van der Waals surface area contributed by atoms with Gasteiger partial charge in [-0.25, -0.2) is 0 Å². The van der Waals surface area contributed by atoms with Crippen molar-refractivity contribution in [1.82, 2.24) is 5.32 Å². The first kappa shape index (κ1) is 15.4. The minimum Gasteiger partial charge on any atom is -0.352 e. The second-order valence-electron chi connectivity index (χ2n) is 5.72. The lowest BCUT2D eigenvalue weighted by molar-refractivity contribution is -0.125. The van der Waals surface area contributed by atoms with Crippen LogP contribution in [-0.4, -0.2) is 18.0 Å². The van der Waals surface area contributed by atoms with E-state index in [0.29, 0.717) is 5.92 Å². The molecule has 96 valence electrons. The van der Waals surface area contributed by atoms with Crippen LogP contribution in [0.2, 0.25) is 0 Å². The zero-order valence-corrected chi connectivity index (χ0v) is 11.6. The van der Waals surface area contributed by atoms with Crippen molar-refractivity contribution < 1.29 is 4.79 Å². The van der Waals surface area contributed by atoms with Crippen LogP contribution in [0.4, 0.5) is 0 Å². The number of nitrogens with one attached hydrogen (secondary N) is 1. The van der Waals surface area contributed by atoms with Crippen molar-refractivity contribution in [2.75, 3.05) is 0 Å². The average molecular weight is 228 g/mol. The highest BCUT2D eigenvalue weighted by atomic mass is 16.2. The predicted molar refractivity (Wildman–Crippen MR) is 69.1 cm³/mol. The summed E-state index contributed by atoms with van der Waals surface area (Å²) in [6.45, 7) is 12.3. The monoisotopic (exact) mass is 228 g/mol. The van der Waals surface area contributed by atoms with Crippen molar-refractivity contribution in [2.45, 2.75) is 66.5 Å². The van der Waals surface area contributed by atoms with Crippen LogP contribution in [0, 0.1) is 11.3 Å². The number of rotatable bonds is 5. The number of hydrogen-bond acceptors (Lipinski definition) is 2. The highest BCUT2D eigenvalue weighted by molar-refractivity contribution is 5.82. The van der Waals surface area contributed by atoms with Gasteiger partial charge < -0.3 is 11.1 Å². The Morgan fingerprint density at radius 1 is 1.25 bits per heavy atom. The summed E-state index contributed by atoms with van der Waals surface area (Å²) in [7, 11) is 0. The lowest BCUT2D eigenvalue weighted by atomic mass is 9.86. The van der Waals surface area contributed by atoms with E-state index in [1.807, 2.05) is 20.8 Å². The van der Waals surface area contributed by atoms with Crippen LogP contribution in [0.5, 0.6) is 0 Å². The molecule has 0 aliphatic heterocycles. The molecule has 2 unspecified atom stereocenters. The molecule has 0 aromatic rings. The smallest absolute Gasteiger partial charge is 0.237 e. The number of amides is 1. The van der Waals surface area contributed by atoms with Crippen LogP contribution < -0.4 is 11.1 Å². The van der Waals surface area contributed by atoms with Gasteiger partial charge in [-0.3, -0.25) is 4.79 Å². The minimum absolute atomic E-state index is 0.0353. The highest BCUT2D eigenvalue weighted by Crippen LogP contribution is 2.18.